The van der Waals surface area contributed by atoms with Gasteiger partial charge in [0, 0.05) is 10.9 Å². The van der Waals surface area contributed by atoms with Crippen LogP contribution in [0, 0.1) is 5.41 Å². The highest BCUT2D eigenvalue weighted by molar-refractivity contribution is 9.10. The van der Waals surface area contributed by atoms with Crippen LogP contribution in [-0.4, -0.2) is 16.7 Å². The fourth-order valence-electron chi connectivity index (χ4n) is 3.44. The molecule has 0 atom stereocenters. The second kappa shape index (κ2) is 5.32. The summed E-state index contributed by atoms with van der Waals surface area (Å²) in [7, 11) is 0. The van der Waals surface area contributed by atoms with E-state index >= 15 is 0 Å². The summed E-state index contributed by atoms with van der Waals surface area (Å²) in [4.78, 5) is 26.4. The maximum absolute atomic E-state index is 12.7. The van der Waals surface area contributed by atoms with Crippen LogP contribution in [0.3, 0.4) is 0 Å². The molecule has 2 aliphatic rings. The minimum Gasteiger partial charge on any atom is -0.278 e. The Balaban J connectivity index is 1.82. The lowest BCUT2D eigenvalue weighted by molar-refractivity contribution is -0.142. The number of rotatable bonds is 2. The van der Waals surface area contributed by atoms with Crippen LogP contribution in [0.4, 0.5) is 0 Å². The lowest BCUT2D eigenvalue weighted by Crippen LogP contribution is -2.36. The van der Waals surface area contributed by atoms with E-state index in [4.69, 9.17) is 0 Å². The molecule has 1 heterocycles. The fourth-order valence-corrected chi connectivity index (χ4v) is 3.85. The van der Waals surface area contributed by atoms with Crippen LogP contribution < -0.4 is 0 Å². The SMILES string of the molecule is O=C1CC2(CCCCC2)C(=O)N1Cc1ccccc1Br. The smallest absolute Gasteiger partial charge is 0.236 e. The van der Waals surface area contributed by atoms with Crippen molar-refractivity contribution >= 4 is 27.7 Å². The van der Waals surface area contributed by atoms with Gasteiger partial charge in [-0.25, -0.2) is 0 Å². The van der Waals surface area contributed by atoms with Crippen LogP contribution in [0.1, 0.15) is 44.1 Å². The molecule has 1 spiro atoms. The average molecular weight is 336 g/mol. The molecule has 1 aliphatic heterocycles. The van der Waals surface area contributed by atoms with E-state index < -0.39 is 0 Å². The molecule has 2 fully saturated rings. The van der Waals surface area contributed by atoms with E-state index in [0.29, 0.717) is 13.0 Å². The standard InChI is InChI=1S/C16H18BrNO2/c17-13-7-3-2-6-12(13)11-18-14(19)10-16(15(18)20)8-4-1-5-9-16/h2-3,6-7H,1,4-5,8-11H2. The van der Waals surface area contributed by atoms with Crippen molar-refractivity contribution in [2.75, 3.05) is 0 Å². The molecule has 1 saturated carbocycles. The molecule has 4 heteroatoms. The Labute approximate surface area is 127 Å². The molecular formula is C16H18BrNO2. The fraction of sp³-hybridized carbons (Fsp3) is 0.500. The summed E-state index contributed by atoms with van der Waals surface area (Å²) in [6.07, 6.45) is 5.50. The second-order valence-electron chi connectivity index (χ2n) is 5.89. The van der Waals surface area contributed by atoms with Crippen LogP contribution in [0.2, 0.25) is 0 Å². The van der Waals surface area contributed by atoms with Gasteiger partial charge in [-0.05, 0) is 24.5 Å². The largest absolute Gasteiger partial charge is 0.278 e. The number of imide groups is 1. The van der Waals surface area contributed by atoms with Crippen LogP contribution in [0.15, 0.2) is 28.7 Å². The van der Waals surface area contributed by atoms with Crippen molar-refractivity contribution in [2.45, 2.75) is 45.1 Å². The first-order valence-corrected chi connectivity index (χ1v) is 8.00. The summed E-state index contributed by atoms with van der Waals surface area (Å²) >= 11 is 3.48. The average Bonchev–Trinajstić information content (AvgIpc) is 2.66. The number of carbonyl (C=O) groups excluding carboxylic acids is 2. The van der Waals surface area contributed by atoms with Crippen molar-refractivity contribution < 1.29 is 9.59 Å². The number of amides is 2. The Kier molecular flexibility index (Phi) is 3.67. The van der Waals surface area contributed by atoms with Gasteiger partial charge in [0.2, 0.25) is 11.8 Å². The van der Waals surface area contributed by atoms with Gasteiger partial charge in [0.1, 0.15) is 0 Å². The summed E-state index contributed by atoms with van der Waals surface area (Å²) in [5.74, 6) is 0.0469. The minimum absolute atomic E-state index is 0.00680. The molecule has 0 unspecified atom stereocenters. The van der Waals surface area contributed by atoms with E-state index in [-0.39, 0.29) is 17.2 Å². The second-order valence-corrected chi connectivity index (χ2v) is 6.75. The van der Waals surface area contributed by atoms with Crippen molar-refractivity contribution in [3.8, 4) is 0 Å². The van der Waals surface area contributed by atoms with E-state index in [1.54, 1.807) is 0 Å². The predicted molar refractivity (Wildman–Crippen MR) is 79.8 cm³/mol. The molecule has 0 aromatic heterocycles. The summed E-state index contributed by atoms with van der Waals surface area (Å²) in [6.45, 7) is 0.390. The topological polar surface area (TPSA) is 37.4 Å². The van der Waals surface area contributed by atoms with Gasteiger partial charge in [0.05, 0.1) is 12.0 Å². The number of carbonyl (C=O) groups is 2. The summed E-state index contributed by atoms with van der Waals surface area (Å²) < 4.78 is 0.949. The third kappa shape index (κ3) is 2.30. The lowest BCUT2D eigenvalue weighted by Gasteiger charge is -2.30. The van der Waals surface area contributed by atoms with E-state index in [0.717, 1.165) is 35.7 Å². The highest BCUT2D eigenvalue weighted by Gasteiger charge is 2.51. The number of hydrogen-bond donors (Lipinski definition) is 0. The van der Waals surface area contributed by atoms with Gasteiger partial charge in [-0.3, -0.25) is 14.5 Å². The Morgan fingerprint density at radius 1 is 1.10 bits per heavy atom. The third-order valence-electron chi connectivity index (χ3n) is 4.59. The number of likely N-dealkylation sites (tertiary alicyclic amines) is 1. The molecule has 1 aromatic rings. The van der Waals surface area contributed by atoms with E-state index in [9.17, 15) is 9.59 Å². The van der Waals surface area contributed by atoms with Crippen molar-refractivity contribution in [1.82, 2.24) is 4.90 Å². The number of hydrogen-bond acceptors (Lipinski definition) is 2. The van der Waals surface area contributed by atoms with E-state index in [1.165, 1.54) is 11.3 Å². The molecule has 0 bridgehead atoms. The molecule has 20 heavy (non-hydrogen) atoms. The highest BCUT2D eigenvalue weighted by Crippen LogP contribution is 2.45. The van der Waals surface area contributed by atoms with E-state index in [2.05, 4.69) is 15.9 Å². The van der Waals surface area contributed by atoms with Crippen LogP contribution in [0.25, 0.3) is 0 Å². The normalized spacial score (nSPS) is 21.8. The molecular weight excluding hydrogens is 318 g/mol. The first-order valence-electron chi connectivity index (χ1n) is 7.21. The number of nitrogens with zero attached hydrogens (tertiary/aromatic N) is 1. The lowest BCUT2D eigenvalue weighted by atomic mass is 9.73. The van der Waals surface area contributed by atoms with Crippen molar-refractivity contribution in [3.63, 3.8) is 0 Å². The van der Waals surface area contributed by atoms with Gasteiger partial charge in [-0.1, -0.05) is 53.4 Å². The Hall–Kier alpha value is -1.16. The molecule has 1 aliphatic carbocycles. The molecule has 106 valence electrons. The van der Waals surface area contributed by atoms with Crippen LogP contribution >= 0.6 is 15.9 Å². The van der Waals surface area contributed by atoms with Crippen molar-refractivity contribution in [2.24, 2.45) is 5.41 Å². The quantitative estimate of drug-likeness (QED) is 0.773. The Morgan fingerprint density at radius 2 is 1.80 bits per heavy atom. The zero-order valence-electron chi connectivity index (χ0n) is 11.4. The Bertz CT molecular complexity index is 549. The first kappa shape index (κ1) is 13.8. The molecule has 3 nitrogen and oxygen atoms in total. The van der Waals surface area contributed by atoms with E-state index in [1.807, 2.05) is 24.3 Å². The molecule has 1 saturated heterocycles. The van der Waals surface area contributed by atoms with Crippen LogP contribution in [0.5, 0.6) is 0 Å². The molecule has 0 radical (unpaired) electrons. The van der Waals surface area contributed by atoms with Gasteiger partial charge in [0.15, 0.2) is 0 Å². The maximum atomic E-state index is 12.7. The predicted octanol–water partition coefficient (Wildman–Crippen LogP) is 3.66. The van der Waals surface area contributed by atoms with Gasteiger partial charge >= 0.3 is 0 Å². The van der Waals surface area contributed by atoms with Crippen LogP contribution in [-0.2, 0) is 16.1 Å². The molecule has 0 N–H and O–H groups in total. The number of halogens is 1. The molecule has 2 amide bonds. The van der Waals surface area contributed by atoms with Gasteiger partial charge in [-0.15, -0.1) is 0 Å². The number of benzene rings is 1. The minimum atomic E-state index is -0.378. The zero-order chi connectivity index (χ0) is 14.2. The van der Waals surface area contributed by atoms with Crippen molar-refractivity contribution in [1.29, 1.82) is 0 Å². The van der Waals surface area contributed by atoms with Gasteiger partial charge in [-0.2, -0.15) is 0 Å². The molecule has 1 aromatic carbocycles. The summed E-state index contributed by atoms with van der Waals surface area (Å²) in [5, 5.41) is 0. The summed E-state index contributed by atoms with van der Waals surface area (Å²) in [6, 6.07) is 7.76. The zero-order valence-corrected chi connectivity index (χ0v) is 13.0. The van der Waals surface area contributed by atoms with Gasteiger partial charge < -0.3 is 0 Å². The first-order chi connectivity index (χ1) is 9.62. The highest BCUT2D eigenvalue weighted by atomic mass is 79.9. The monoisotopic (exact) mass is 335 g/mol. The summed E-state index contributed by atoms with van der Waals surface area (Å²) in [5.41, 5.74) is 0.610. The van der Waals surface area contributed by atoms with Crippen molar-refractivity contribution in [3.05, 3.63) is 34.3 Å². The molecule has 3 rings (SSSR count). The maximum Gasteiger partial charge on any atom is 0.236 e. The third-order valence-corrected chi connectivity index (χ3v) is 5.36. The van der Waals surface area contributed by atoms with Gasteiger partial charge in [0.25, 0.3) is 0 Å². The Morgan fingerprint density at radius 3 is 2.50 bits per heavy atom.